The van der Waals surface area contributed by atoms with Crippen molar-refractivity contribution in [3.05, 3.63) is 83.7 Å². The molecule has 0 unspecified atom stereocenters. The van der Waals surface area contributed by atoms with Gasteiger partial charge < -0.3 is 5.32 Å². The summed E-state index contributed by atoms with van der Waals surface area (Å²) in [6.07, 6.45) is 3.50. The summed E-state index contributed by atoms with van der Waals surface area (Å²) < 4.78 is 1.73. The molecule has 1 N–H and O–H groups in total. The van der Waals surface area contributed by atoms with Crippen molar-refractivity contribution in [2.24, 2.45) is 0 Å². The molecule has 0 aliphatic carbocycles. The number of aromatic nitrogens is 2. The molecule has 3 aromatic rings. The first-order valence-corrected chi connectivity index (χ1v) is 7.61. The maximum Gasteiger partial charge on any atom is 0.292 e. The standard InChI is InChI=1S/C19H17N3O2/c1-14-7-9-16(10-8-14)18(23)19(24)20-11-15-12-21-22(13-15)17-5-3-2-4-6-17/h2-10,12-13H,11H2,1H3,(H,20,24). The highest BCUT2D eigenvalue weighted by molar-refractivity contribution is 6.42. The van der Waals surface area contributed by atoms with Gasteiger partial charge in [0.05, 0.1) is 11.9 Å². The molecule has 120 valence electrons. The molecule has 1 heterocycles. The first-order chi connectivity index (χ1) is 11.6. The third-order valence-electron chi connectivity index (χ3n) is 3.63. The molecule has 1 amide bonds. The van der Waals surface area contributed by atoms with Crippen LogP contribution in [-0.2, 0) is 11.3 Å². The number of aryl methyl sites for hydroxylation is 1. The summed E-state index contributed by atoms with van der Waals surface area (Å²) in [6.45, 7) is 2.18. The molecule has 0 atom stereocenters. The van der Waals surface area contributed by atoms with Gasteiger partial charge in [0.15, 0.2) is 0 Å². The van der Waals surface area contributed by atoms with E-state index in [1.165, 1.54) is 0 Å². The minimum absolute atomic E-state index is 0.253. The number of Topliss-reactive ketones (excluding diaryl/α,β-unsaturated/α-hetero) is 1. The first kappa shape index (κ1) is 15.7. The molecule has 1 aromatic heterocycles. The lowest BCUT2D eigenvalue weighted by Crippen LogP contribution is -2.30. The van der Waals surface area contributed by atoms with Crippen LogP contribution in [0, 0.1) is 6.92 Å². The lowest BCUT2D eigenvalue weighted by Gasteiger charge is -2.03. The van der Waals surface area contributed by atoms with E-state index in [4.69, 9.17) is 0 Å². The van der Waals surface area contributed by atoms with Gasteiger partial charge in [0.2, 0.25) is 5.78 Å². The van der Waals surface area contributed by atoms with Crippen LogP contribution in [0.2, 0.25) is 0 Å². The summed E-state index contributed by atoms with van der Waals surface area (Å²) in [5, 5.41) is 6.89. The predicted octanol–water partition coefficient (Wildman–Crippen LogP) is 2.68. The number of ketones is 1. The molecular formula is C19H17N3O2. The summed E-state index contributed by atoms with van der Waals surface area (Å²) in [6, 6.07) is 16.6. The van der Waals surface area contributed by atoms with E-state index in [0.717, 1.165) is 16.8 Å². The summed E-state index contributed by atoms with van der Waals surface area (Å²) in [5.41, 5.74) is 3.19. The highest BCUT2D eigenvalue weighted by atomic mass is 16.2. The molecule has 0 radical (unpaired) electrons. The smallest absolute Gasteiger partial charge is 0.292 e. The van der Waals surface area contributed by atoms with Crippen molar-refractivity contribution in [1.82, 2.24) is 15.1 Å². The average molecular weight is 319 g/mol. The van der Waals surface area contributed by atoms with Gasteiger partial charge >= 0.3 is 0 Å². The monoisotopic (exact) mass is 319 g/mol. The van der Waals surface area contributed by atoms with E-state index in [1.54, 1.807) is 23.0 Å². The fourth-order valence-electron chi connectivity index (χ4n) is 2.27. The fraction of sp³-hybridized carbons (Fsp3) is 0.105. The van der Waals surface area contributed by atoms with Gasteiger partial charge in [0, 0.05) is 23.9 Å². The summed E-state index contributed by atoms with van der Waals surface area (Å²) >= 11 is 0. The number of carbonyl (C=O) groups is 2. The van der Waals surface area contributed by atoms with Gasteiger partial charge in [-0.15, -0.1) is 0 Å². The fourth-order valence-corrected chi connectivity index (χ4v) is 2.27. The third kappa shape index (κ3) is 3.57. The Labute approximate surface area is 139 Å². The van der Waals surface area contributed by atoms with Crippen molar-refractivity contribution in [2.45, 2.75) is 13.5 Å². The maximum absolute atomic E-state index is 12.1. The van der Waals surface area contributed by atoms with Crippen molar-refractivity contribution in [1.29, 1.82) is 0 Å². The van der Waals surface area contributed by atoms with Gasteiger partial charge in [0.1, 0.15) is 0 Å². The Morgan fingerprint density at radius 3 is 2.46 bits per heavy atom. The first-order valence-electron chi connectivity index (χ1n) is 7.61. The van der Waals surface area contributed by atoms with Crippen LogP contribution in [0.5, 0.6) is 0 Å². The lowest BCUT2D eigenvalue weighted by atomic mass is 10.1. The lowest BCUT2D eigenvalue weighted by molar-refractivity contribution is -0.117. The van der Waals surface area contributed by atoms with Crippen molar-refractivity contribution in [2.75, 3.05) is 0 Å². The van der Waals surface area contributed by atoms with Crippen LogP contribution in [0.1, 0.15) is 21.5 Å². The highest BCUT2D eigenvalue weighted by Gasteiger charge is 2.15. The Hall–Kier alpha value is -3.21. The number of hydrogen-bond donors (Lipinski definition) is 1. The molecule has 0 bridgehead atoms. The number of amides is 1. The summed E-state index contributed by atoms with van der Waals surface area (Å²) in [7, 11) is 0. The van der Waals surface area contributed by atoms with Gasteiger partial charge in [0.25, 0.3) is 5.91 Å². The van der Waals surface area contributed by atoms with E-state index < -0.39 is 11.7 Å². The Kier molecular flexibility index (Phi) is 4.52. The van der Waals surface area contributed by atoms with Crippen molar-refractivity contribution in [3.63, 3.8) is 0 Å². The van der Waals surface area contributed by atoms with Crippen molar-refractivity contribution >= 4 is 11.7 Å². The normalized spacial score (nSPS) is 10.4. The number of nitrogens with zero attached hydrogens (tertiary/aromatic N) is 2. The summed E-state index contributed by atoms with van der Waals surface area (Å²) in [5.74, 6) is -1.16. The van der Waals surface area contributed by atoms with E-state index in [-0.39, 0.29) is 6.54 Å². The Morgan fingerprint density at radius 1 is 1.04 bits per heavy atom. The zero-order valence-electron chi connectivity index (χ0n) is 13.3. The second kappa shape index (κ2) is 6.91. The predicted molar refractivity (Wildman–Crippen MR) is 90.9 cm³/mol. The molecule has 0 saturated carbocycles. The van der Waals surface area contributed by atoms with Crippen molar-refractivity contribution < 1.29 is 9.59 Å². The molecule has 0 saturated heterocycles. The Bertz CT molecular complexity index is 852. The van der Waals surface area contributed by atoms with E-state index in [1.807, 2.05) is 55.6 Å². The molecule has 0 aliphatic rings. The van der Waals surface area contributed by atoms with E-state index in [2.05, 4.69) is 10.4 Å². The van der Waals surface area contributed by atoms with Crippen LogP contribution >= 0.6 is 0 Å². The minimum Gasteiger partial charge on any atom is -0.345 e. The Balaban J connectivity index is 1.61. The number of benzene rings is 2. The maximum atomic E-state index is 12.1. The molecule has 0 fully saturated rings. The zero-order chi connectivity index (χ0) is 16.9. The van der Waals surface area contributed by atoms with E-state index >= 15 is 0 Å². The average Bonchev–Trinajstić information content (AvgIpc) is 3.09. The van der Waals surface area contributed by atoms with Crippen LogP contribution in [0.25, 0.3) is 5.69 Å². The second-order valence-corrected chi connectivity index (χ2v) is 5.51. The number of nitrogens with one attached hydrogen (secondary N) is 1. The zero-order valence-corrected chi connectivity index (χ0v) is 13.3. The van der Waals surface area contributed by atoms with Crippen LogP contribution in [0.3, 0.4) is 0 Å². The molecule has 5 heteroatoms. The van der Waals surface area contributed by atoms with Crippen LogP contribution in [-0.4, -0.2) is 21.5 Å². The Morgan fingerprint density at radius 2 is 1.75 bits per heavy atom. The third-order valence-corrected chi connectivity index (χ3v) is 3.63. The van der Waals surface area contributed by atoms with E-state index in [0.29, 0.717) is 5.56 Å². The number of para-hydroxylation sites is 1. The number of hydrogen-bond acceptors (Lipinski definition) is 3. The van der Waals surface area contributed by atoms with Crippen molar-refractivity contribution in [3.8, 4) is 5.69 Å². The van der Waals surface area contributed by atoms with Crippen LogP contribution in [0.4, 0.5) is 0 Å². The van der Waals surface area contributed by atoms with E-state index in [9.17, 15) is 9.59 Å². The largest absolute Gasteiger partial charge is 0.345 e. The van der Waals surface area contributed by atoms with Crippen LogP contribution < -0.4 is 5.32 Å². The SMILES string of the molecule is Cc1ccc(C(=O)C(=O)NCc2cnn(-c3ccccc3)c2)cc1. The number of rotatable bonds is 5. The summed E-state index contributed by atoms with van der Waals surface area (Å²) in [4.78, 5) is 24.1. The van der Waals surface area contributed by atoms with Gasteiger partial charge in [-0.1, -0.05) is 48.0 Å². The van der Waals surface area contributed by atoms with Gasteiger partial charge in [-0.2, -0.15) is 5.10 Å². The quantitative estimate of drug-likeness (QED) is 0.581. The molecular weight excluding hydrogens is 302 g/mol. The number of carbonyl (C=O) groups excluding carboxylic acids is 2. The van der Waals surface area contributed by atoms with Gasteiger partial charge in [-0.3, -0.25) is 9.59 Å². The molecule has 2 aromatic carbocycles. The van der Waals surface area contributed by atoms with Gasteiger partial charge in [-0.05, 0) is 19.1 Å². The molecule has 0 aliphatic heterocycles. The topological polar surface area (TPSA) is 64.0 Å². The molecule has 0 spiro atoms. The van der Waals surface area contributed by atoms with Crippen LogP contribution in [0.15, 0.2) is 67.0 Å². The minimum atomic E-state index is -0.619. The second-order valence-electron chi connectivity index (χ2n) is 5.51. The molecule has 5 nitrogen and oxygen atoms in total. The molecule has 3 rings (SSSR count). The molecule has 24 heavy (non-hydrogen) atoms. The highest BCUT2D eigenvalue weighted by Crippen LogP contribution is 2.08. The van der Waals surface area contributed by atoms with Gasteiger partial charge in [-0.25, -0.2) is 4.68 Å².